The number of aryl methyl sites for hydroxylation is 2. The third-order valence-corrected chi connectivity index (χ3v) is 8.84. The molecule has 10 heteroatoms. The van der Waals surface area contributed by atoms with Crippen molar-refractivity contribution in [2.45, 2.75) is 90.4 Å². The number of piperidine rings is 2. The molecule has 0 bridgehead atoms. The Morgan fingerprint density at radius 2 is 0.800 bits per heavy atom. The summed E-state index contributed by atoms with van der Waals surface area (Å²) >= 11 is 4.64. The molecular weight excluding hydrogens is 867 g/mol. The first-order valence-electron chi connectivity index (χ1n) is 13.6. The van der Waals surface area contributed by atoms with Gasteiger partial charge in [-0.05, 0) is 0 Å². The fourth-order valence-corrected chi connectivity index (χ4v) is 5.82. The molecule has 2 aromatic heterocycles. The Labute approximate surface area is 268 Å². The van der Waals surface area contributed by atoms with Crippen molar-refractivity contribution < 1.29 is 48.9 Å². The van der Waals surface area contributed by atoms with Crippen LogP contribution >= 0.6 is 0 Å². The molecule has 40 heavy (non-hydrogen) atoms. The minimum Gasteiger partial charge on any atom is -0.358 e. The van der Waals surface area contributed by atoms with E-state index in [0.717, 1.165) is 39.3 Å². The van der Waals surface area contributed by atoms with Gasteiger partial charge in [0.1, 0.15) is 0 Å². The van der Waals surface area contributed by atoms with Gasteiger partial charge in [-0.25, -0.2) is 0 Å². The van der Waals surface area contributed by atoms with Crippen LogP contribution in [0.2, 0.25) is 0 Å². The van der Waals surface area contributed by atoms with E-state index in [1.54, 1.807) is 0 Å². The van der Waals surface area contributed by atoms with E-state index in [1.807, 2.05) is 12.4 Å². The maximum absolute atomic E-state index is 9.02. The van der Waals surface area contributed by atoms with E-state index < -0.39 is 0 Å². The van der Waals surface area contributed by atoms with E-state index in [2.05, 4.69) is 80.0 Å². The average molecular weight is 925 g/mol. The molecule has 0 spiro atoms. The quantitative estimate of drug-likeness (QED) is 0.209. The van der Waals surface area contributed by atoms with Gasteiger partial charge in [0.25, 0.3) is 0 Å². The number of imidazole rings is 2. The monoisotopic (exact) mass is 924 g/mol. The summed E-state index contributed by atoms with van der Waals surface area (Å²) < 4.78 is 11.0. The number of aliphatic hydroxyl groups excluding tert-OH is 2. The summed E-state index contributed by atoms with van der Waals surface area (Å²) in [5, 5.41) is 26.4. The summed E-state index contributed by atoms with van der Waals surface area (Å²) in [6.07, 6.45) is 21.2. The SMILES string of the molecule is C1CC[N-]CC1.C1CC[N-]CC1.OCCn1ccn(CCCCCCn2ccn(CCO)[c]2=[Pt])[c]1=[Pt].[CH3-].[CH3-].[CH3-].[CH3-]. The molecule has 246 valence electrons. The van der Waals surface area contributed by atoms with Crippen LogP contribution in [0, 0.1) is 37.3 Å². The molecule has 0 unspecified atom stereocenters. The summed E-state index contributed by atoms with van der Waals surface area (Å²) in [6, 6.07) is 0. The number of aromatic nitrogens is 4. The van der Waals surface area contributed by atoms with Gasteiger partial charge in [-0.2, -0.15) is 0 Å². The normalized spacial score (nSPS) is 14.1. The van der Waals surface area contributed by atoms with Gasteiger partial charge in [0, 0.05) is 0 Å². The van der Waals surface area contributed by atoms with Gasteiger partial charge in [-0.3, -0.25) is 0 Å². The maximum atomic E-state index is 9.02. The van der Waals surface area contributed by atoms with E-state index >= 15 is 0 Å². The Kier molecular flexibility index (Phi) is 31.7. The third-order valence-electron chi connectivity index (χ3n) is 6.22. The number of nitrogens with zero attached hydrogens (tertiary/aromatic N) is 6. The van der Waals surface area contributed by atoms with Crippen LogP contribution in [0.15, 0.2) is 24.8 Å². The van der Waals surface area contributed by atoms with E-state index in [4.69, 9.17) is 10.2 Å². The molecule has 2 N–H and O–H groups in total. The first-order chi connectivity index (χ1) is 17.7. The Balaban J connectivity index is -0.000000709. The largest absolute Gasteiger partial charge is 0.358 e. The third kappa shape index (κ3) is 18.2. The minimum atomic E-state index is 0. The summed E-state index contributed by atoms with van der Waals surface area (Å²) in [6.45, 7) is 8.27. The molecule has 0 aromatic carbocycles. The smallest absolute Gasteiger partial charge is 0.358 e. The minimum absolute atomic E-state index is 0. The fraction of sp³-hybridized carbons (Fsp3) is 0.667. The first kappa shape index (κ1) is 44.1. The van der Waals surface area contributed by atoms with E-state index in [9.17, 15) is 0 Å². The van der Waals surface area contributed by atoms with Crippen molar-refractivity contribution in [2.24, 2.45) is 0 Å². The van der Waals surface area contributed by atoms with Gasteiger partial charge in [0.15, 0.2) is 0 Å². The zero-order valence-corrected chi connectivity index (χ0v) is 30.2. The fourth-order valence-electron chi connectivity index (χ4n) is 4.12. The van der Waals surface area contributed by atoms with Gasteiger partial charge in [0.2, 0.25) is 0 Å². The van der Waals surface area contributed by atoms with Crippen LogP contribution in [0.25, 0.3) is 10.6 Å². The van der Waals surface area contributed by atoms with Crippen molar-refractivity contribution in [1.29, 1.82) is 0 Å². The summed E-state index contributed by atoms with van der Waals surface area (Å²) in [5.41, 5.74) is 0. The van der Waals surface area contributed by atoms with Crippen LogP contribution in [0.4, 0.5) is 0 Å². The second-order valence-electron chi connectivity index (χ2n) is 9.18. The van der Waals surface area contributed by atoms with Crippen molar-refractivity contribution in [3.8, 4) is 0 Å². The Hall–Kier alpha value is -0.363. The van der Waals surface area contributed by atoms with E-state index in [0.29, 0.717) is 13.1 Å². The van der Waals surface area contributed by atoms with Crippen molar-refractivity contribution in [1.82, 2.24) is 18.3 Å². The number of hydrogen-bond donors (Lipinski definition) is 2. The Morgan fingerprint density at radius 3 is 1.02 bits per heavy atom. The zero-order chi connectivity index (χ0) is 25.8. The molecule has 2 aliphatic heterocycles. The molecule has 0 amide bonds. The molecule has 2 aliphatic rings. The second kappa shape index (κ2) is 28.7. The topological polar surface area (TPSA) is 88.4 Å². The molecule has 8 nitrogen and oxygen atoms in total. The molecule has 0 aliphatic carbocycles. The number of unbranched alkanes of at least 4 members (excludes halogenated alkanes) is 3. The predicted octanol–water partition coefficient (Wildman–Crippen LogP) is 6.18. The van der Waals surface area contributed by atoms with Crippen LogP contribution < -0.4 is 0 Å². The first-order valence-corrected chi connectivity index (χ1v) is 15.8. The van der Waals surface area contributed by atoms with Crippen molar-refractivity contribution in [3.63, 3.8) is 0 Å². The Morgan fingerprint density at radius 1 is 0.500 bits per heavy atom. The number of hydrogen-bond acceptors (Lipinski definition) is 2. The van der Waals surface area contributed by atoms with Gasteiger partial charge >= 0.3 is 165 Å². The van der Waals surface area contributed by atoms with E-state index in [-0.39, 0.29) is 42.9 Å². The number of rotatable bonds is 11. The molecule has 2 saturated heterocycles. The van der Waals surface area contributed by atoms with Crippen LogP contribution in [-0.4, -0.2) is 67.9 Å². The van der Waals surface area contributed by atoms with Gasteiger partial charge < -0.3 is 40.3 Å². The standard InChI is InChI=1S/C16H26N4O2.2C5H10N.4CH3.2Pt/c21-13-11-19-9-7-17(15-19)5-3-1-2-4-6-18-8-10-20(16-18)12-14-22;2*1-2-4-6-5-3-1;;;;;;/h7-10,21-22H,1-6,11-14H2;2*1-5H2;4*1H3;;/q;6*-1;;. The van der Waals surface area contributed by atoms with Crippen LogP contribution in [0.5, 0.6) is 0 Å². The number of aliphatic hydroxyl groups is 2. The van der Waals surface area contributed by atoms with Crippen molar-refractivity contribution >= 4 is 0 Å². The molecule has 0 radical (unpaired) electrons. The van der Waals surface area contributed by atoms with Crippen LogP contribution in [-0.2, 0) is 64.9 Å². The molecule has 2 fully saturated rings. The molecule has 0 atom stereocenters. The zero-order valence-electron chi connectivity index (χ0n) is 25.7. The second-order valence-corrected chi connectivity index (χ2v) is 11.2. The van der Waals surface area contributed by atoms with Gasteiger partial charge in [-0.15, -0.1) is 26.2 Å². The molecule has 4 heterocycles. The van der Waals surface area contributed by atoms with Gasteiger partial charge in [-0.1, -0.05) is 38.5 Å². The van der Waals surface area contributed by atoms with Crippen molar-refractivity contribution in [2.75, 3.05) is 39.4 Å². The van der Waals surface area contributed by atoms with Crippen molar-refractivity contribution in [3.05, 3.63) is 72.7 Å². The molecule has 4 rings (SSSR count). The van der Waals surface area contributed by atoms with Crippen LogP contribution in [0.3, 0.4) is 0 Å². The predicted molar refractivity (Wildman–Crippen MR) is 164 cm³/mol. The van der Waals surface area contributed by atoms with E-state index in [1.165, 1.54) is 71.8 Å². The van der Waals surface area contributed by atoms with Gasteiger partial charge in [0.05, 0.1) is 0 Å². The molecular formula is C30H58N6O2Pt2-6. The average Bonchev–Trinajstić information content (AvgIpc) is 3.46. The summed E-state index contributed by atoms with van der Waals surface area (Å²) in [7, 11) is 0. The summed E-state index contributed by atoms with van der Waals surface area (Å²) in [5.74, 6) is 0. The Bertz CT molecular complexity index is 817. The summed E-state index contributed by atoms with van der Waals surface area (Å²) in [4.78, 5) is 0. The molecule has 0 saturated carbocycles. The maximum Gasteiger partial charge on any atom is -0.358 e. The molecule has 2 aromatic rings. The van der Waals surface area contributed by atoms with Crippen LogP contribution in [0.1, 0.15) is 64.2 Å².